The van der Waals surface area contributed by atoms with Crippen molar-refractivity contribution in [2.45, 2.75) is 19.4 Å². The number of nitrogens with one attached hydrogen (secondary N) is 1. The van der Waals surface area contributed by atoms with Crippen LogP contribution in [0.4, 0.5) is 0 Å². The third kappa shape index (κ3) is 2.18. The highest BCUT2D eigenvalue weighted by molar-refractivity contribution is 5.84. The lowest BCUT2D eigenvalue weighted by Crippen LogP contribution is -2.20. The van der Waals surface area contributed by atoms with Gasteiger partial charge < -0.3 is 15.8 Å². The van der Waals surface area contributed by atoms with Gasteiger partial charge in [0.15, 0.2) is 5.82 Å². The quantitative estimate of drug-likeness (QED) is 0.700. The first kappa shape index (κ1) is 11.3. The molecule has 17 heavy (non-hydrogen) atoms. The first-order valence-corrected chi connectivity index (χ1v) is 5.14. The zero-order valence-corrected chi connectivity index (χ0v) is 9.29. The molecule has 7 nitrogen and oxygen atoms in total. The highest BCUT2D eigenvalue weighted by Gasteiger charge is 2.19. The molecular formula is C10H13N5O2. The van der Waals surface area contributed by atoms with Crippen LogP contribution in [0.15, 0.2) is 18.7 Å². The summed E-state index contributed by atoms with van der Waals surface area (Å²) in [4.78, 5) is 21.8. The van der Waals surface area contributed by atoms with Gasteiger partial charge in [-0.2, -0.15) is 0 Å². The maximum atomic E-state index is 11.1. The zero-order valence-electron chi connectivity index (χ0n) is 9.29. The first-order chi connectivity index (χ1) is 8.09. The molecule has 7 heteroatoms. The van der Waals surface area contributed by atoms with Crippen molar-refractivity contribution in [2.75, 3.05) is 0 Å². The van der Waals surface area contributed by atoms with Gasteiger partial charge in [0.25, 0.3) is 0 Å². The highest BCUT2D eigenvalue weighted by atomic mass is 16.4. The lowest BCUT2D eigenvalue weighted by Gasteiger charge is -2.08. The van der Waals surface area contributed by atoms with Crippen molar-refractivity contribution in [2.24, 2.45) is 5.73 Å². The molecule has 2 rings (SSSR count). The summed E-state index contributed by atoms with van der Waals surface area (Å²) in [6.07, 6.45) is 5.14. The van der Waals surface area contributed by atoms with Crippen LogP contribution in [-0.2, 0) is 6.42 Å². The minimum absolute atomic E-state index is 0.0623. The minimum Gasteiger partial charge on any atom is -0.475 e. The molecule has 2 aromatic heterocycles. The van der Waals surface area contributed by atoms with Crippen LogP contribution in [0.1, 0.15) is 23.2 Å². The molecule has 0 saturated carbocycles. The molecule has 1 unspecified atom stereocenters. The van der Waals surface area contributed by atoms with Crippen LogP contribution in [0, 0.1) is 0 Å². The molecule has 0 amide bonds. The van der Waals surface area contributed by atoms with Gasteiger partial charge in [-0.3, -0.25) is 4.57 Å². The second kappa shape index (κ2) is 4.38. The number of imidazole rings is 2. The van der Waals surface area contributed by atoms with E-state index in [1.54, 1.807) is 6.20 Å². The molecule has 0 radical (unpaired) electrons. The number of nitrogens with zero attached hydrogens (tertiary/aromatic N) is 3. The molecular weight excluding hydrogens is 222 g/mol. The van der Waals surface area contributed by atoms with Crippen molar-refractivity contribution in [1.29, 1.82) is 0 Å². The predicted molar refractivity (Wildman–Crippen MR) is 60.0 cm³/mol. The smallest absolute Gasteiger partial charge is 0.372 e. The molecule has 90 valence electrons. The fourth-order valence-corrected chi connectivity index (χ4v) is 1.64. The third-order valence-electron chi connectivity index (χ3n) is 2.27. The molecule has 2 aromatic rings. The summed E-state index contributed by atoms with van der Waals surface area (Å²) >= 11 is 0. The van der Waals surface area contributed by atoms with Crippen molar-refractivity contribution in [3.8, 4) is 5.82 Å². The number of carbonyl (C=O) groups is 1. The van der Waals surface area contributed by atoms with E-state index in [1.807, 2.05) is 6.92 Å². The van der Waals surface area contributed by atoms with Crippen LogP contribution < -0.4 is 5.73 Å². The number of rotatable bonds is 4. The van der Waals surface area contributed by atoms with Crippen LogP contribution in [0.2, 0.25) is 0 Å². The monoisotopic (exact) mass is 235 g/mol. The highest BCUT2D eigenvalue weighted by Crippen LogP contribution is 2.13. The maximum Gasteiger partial charge on any atom is 0.372 e. The molecule has 0 spiro atoms. The average molecular weight is 235 g/mol. The summed E-state index contributed by atoms with van der Waals surface area (Å²) in [5.41, 5.74) is 6.44. The molecule has 4 N–H and O–H groups in total. The van der Waals surface area contributed by atoms with E-state index < -0.39 is 5.97 Å². The van der Waals surface area contributed by atoms with Crippen LogP contribution in [-0.4, -0.2) is 36.6 Å². The van der Waals surface area contributed by atoms with E-state index in [1.165, 1.54) is 17.1 Å². The Hall–Kier alpha value is -2.15. The number of hydrogen-bond donors (Lipinski definition) is 3. The number of aromatic carboxylic acids is 1. The number of hydrogen-bond acceptors (Lipinski definition) is 4. The zero-order chi connectivity index (χ0) is 12.4. The lowest BCUT2D eigenvalue weighted by atomic mass is 10.2. The summed E-state index contributed by atoms with van der Waals surface area (Å²) in [5.74, 6) is -0.660. The summed E-state index contributed by atoms with van der Waals surface area (Å²) in [5, 5.41) is 9.06. The van der Waals surface area contributed by atoms with Crippen LogP contribution in [0.5, 0.6) is 0 Å². The fourth-order valence-electron chi connectivity index (χ4n) is 1.64. The van der Waals surface area contributed by atoms with Gasteiger partial charge in [-0.1, -0.05) is 0 Å². The fraction of sp³-hybridized carbons (Fsp3) is 0.300. The topological polar surface area (TPSA) is 110 Å². The summed E-state index contributed by atoms with van der Waals surface area (Å²) in [7, 11) is 0. The van der Waals surface area contributed by atoms with Gasteiger partial charge in [-0.15, -0.1) is 0 Å². The number of aromatic nitrogens is 4. The molecule has 1 atom stereocenters. The number of carboxylic acids is 1. The maximum absolute atomic E-state index is 11.1. The normalized spacial score (nSPS) is 12.6. The second-order valence-corrected chi connectivity index (χ2v) is 3.82. The Labute approximate surface area is 97.3 Å². The van der Waals surface area contributed by atoms with Gasteiger partial charge >= 0.3 is 5.97 Å². The van der Waals surface area contributed by atoms with Gasteiger partial charge in [0, 0.05) is 30.6 Å². The molecule has 0 aliphatic carbocycles. The molecule has 0 aromatic carbocycles. The number of nitrogens with two attached hydrogens (primary N) is 1. The first-order valence-electron chi connectivity index (χ1n) is 5.14. The van der Waals surface area contributed by atoms with Gasteiger partial charge in [-0.05, 0) is 6.92 Å². The summed E-state index contributed by atoms with van der Waals surface area (Å²) in [6, 6.07) is -0.0777. The van der Waals surface area contributed by atoms with Crippen molar-refractivity contribution >= 4 is 5.97 Å². The van der Waals surface area contributed by atoms with Gasteiger partial charge in [0.1, 0.15) is 0 Å². The number of carboxylic acid groups (broad SMARTS) is 1. The van der Waals surface area contributed by atoms with E-state index in [9.17, 15) is 4.79 Å². The van der Waals surface area contributed by atoms with E-state index in [2.05, 4.69) is 15.0 Å². The van der Waals surface area contributed by atoms with Crippen LogP contribution >= 0.6 is 0 Å². The Kier molecular flexibility index (Phi) is 2.92. The number of aromatic amines is 1. The Morgan fingerprint density at radius 3 is 2.94 bits per heavy atom. The Morgan fingerprint density at radius 2 is 2.41 bits per heavy atom. The van der Waals surface area contributed by atoms with Crippen LogP contribution in [0.25, 0.3) is 5.82 Å². The van der Waals surface area contributed by atoms with Crippen LogP contribution in [0.3, 0.4) is 0 Å². The van der Waals surface area contributed by atoms with E-state index in [0.29, 0.717) is 12.2 Å². The van der Waals surface area contributed by atoms with E-state index in [-0.39, 0.29) is 11.9 Å². The third-order valence-corrected chi connectivity index (χ3v) is 2.27. The number of H-pyrrole nitrogens is 1. The average Bonchev–Trinajstić information content (AvgIpc) is 2.83. The molecule has 2 heterocycles. The van der Waals surface area contributed by atoms with Gasteiger partial charge in [0.2, 0.25) is 5.82 Å². The van der Waals surface area contributed by atoms with Gasteiger partial charge in [0.05, 0.1) is 6.33 Å². The van der Waals surface area contributed by atoms with Crippen molar-refractivity contribution in [1.82, 2.24) is 19.5 Å². The molecule has 0 saturated heterocycles. The summed E-state index contributed by atoms with van der Waals surface area (Å²) < 4.78 is 1.49. The molecule has 0 fully saturated rings. The van der Waals surface area contributed by atoms with E-state index in [4.69, 9.17) is 10.8 Å². The Morgan fingerprint density at radius 1 is 1.65 bits per heavy atom. The predicted octanol–water partition coefficient (Wildman–Crippen LogP) is 0.183. The van der Waals surface area contributed by atoms with Crippen molar-refractivity contribution in [3.05, 3.63) is 30.2 Å². The van der Waals surface area contributed by atoms with E-state index >= 15 is 0 Å². The van der Waals surface area contributed by atoms with Crippen molar-refractivity contribution in [3.63, 3.8) is 0 Å². The minimum atomic E-state index is -1.09. The Bertz CT molecular complexity index is 515. The molecule has 0 aliphatic heterocycles. The molecule has 0 bridgehead atoms. The second-order valence-electron chi connectivity index (χ2n) is 3.82. The lowest BCUT2D eigenvalue weighted by molar-refractivity contribution is 0.0681. The largest absolute Gasteiger partial charge is 0.475 e. The molecule has 0 aliphatic rings. The Balaban J connectivity index is 2.51. The standard InChI is InChI=1S/C10H13N5O2/c1-6(11)2-7-3-13-9(10(16)17)15(7)8-4-12-5-14-8/h3-6H,2,11H2,1H3,(H,12,14)(H,16,17). The van der Waals surface area contributed by atoms with Gasteiger partial charge in [-0.25, -0.2) is 14.8 Å². The van der Waals surface area contributed by atoms with E-state index in [0.717, 1.165) is 5.69 Å². The summed E-state index contributed by atoms with van der Waals surface area (Å²) in [6.45, 7) is 1.85. The SMILES string of the molecule is CC(N)Cc1cnc(C(=O)O)n1-c1c[nH]cn1. The van der Waals surface area contributed by atoms with Crippen molar-refractivity contribution < 1.29 is 9.90 Å².